The van der Waals surface area contributed by atoms with Crippen LogP contribution in [0.15, 0.2) is 84.9 Å². The predicted octanol–water partition coefficient (Wildman–Crippen LogP) is 3.31. The molecule has 0 aromatic heterocycles. The van der Waals surface area contributed by atoms with E-state index in [-0.39, 0.29) is 0 Å². The van der Waals surface area contributed by atoms with Gasteiger partial charge >= 0.3 is 5.97 Å². The minimum absolute atomic E-state index is 0.509. The van der Waals surface area contributed by atoms with E-state index < -0.39 is 17.8 Å². The van der Waals surface area contributed by atoms with Crippen LogP contribution in [0.5, 0.6) is 0 Å². The van der Waals surface area contributed by atoms with Gasteiger partial charge in [-0.3, -0.25) is 5.32 Å². The average molecular weight is 359 g/mol. The van der Waals surface area contributed by atoms with Crippen LogP contribution in [0.3, 0.4) is 0 Å². The van der Waals surface area contributed by atoms with Gasteiger partial charge in [0.2, 0.25) is 5.72 Å². The standard InChI is InChI=1S/C23H21NO3/c25-21(18-10-3-1-4-11-18)22(26)27-23(19-12-5-2-6-13-19)20-14-8-7-9-17(20)15-16-24-23/h1-14,21,24-25H,15-16H2/t21-,23+/m1/s1. The molecule has 0 radical (unpaired) electrons. The van der Waals surface area contributed by atoms with Gasteiger partial charge in [-0.25, -0.2) is 4.79 Å². The fourth-order valence-electron chi connectivity index (χ4n) is 3.61. The van der Waals surface area contributed by atoms with Crippen LogP contribution in [0.2, 0.25) is 0 Å². The smallest absolute Gasteiger partial charge is 0.341 e. The van der Waals surface area contributed by atoms with Crippen LogP contribution in [0.4, 0.5) is 0 Å². The summed E-state index contributed by atoms with van der Waals surface area (Å²) in [5.74, 6) is -0.686. The Balaban J connectivity index is 1.76. The number of rotatable bonds is 4. The van der Waals surface area contributed by atoms with Crippen LogP contribution in [0.25, 0.3) is 0 Å². The quantitative estimate of drug-likeness (QED) is 0.702. The normalized spacial score (nSPS) is 19.7. The molecule has 0 saturated heterocycles. The van der Waals surface area contributed by atoms with Crippen molar-refractivity contribution in [3.63, 3.8) is 0 Å². The molecule has 27 heavy (non-hydrogen) atoms. The predicted molar refractivity (Wildman–Crippen MR) is 103 cm³/mol. The Bertz CT molecular complexity index is 927. The maximum absolute atomic E-state index is 12.9. The molecule has 0 aliphatic carbocycles. The van der Waals surface area contributed by atoms with Crippen molar-refractivity contribution in [1.82, 2.24) is 5.32 Å². The summed E-state index contributed by atoms with van der Waals surface area (Å²) in [6.07, 6.45) is -0.494. The molecule has 0 bridgehead atoms. The van der Waals surface area contributed by atoms with E-state index in [1.54, 1.807) is 24.3 Å². The molecule has 2 atom stereocenters. The summed E-state index contributed by atoms with van der Waals surface area (Å²) in [5.41, 5.74) is 2.24. The van der Waals surface area contributed by atoms with Crippen molar-refractivity contribution in [2.45, 2.75) is 18.2 Å². The summed E-state index contributed by atoms with van der Waals surface area (Å²) < 4.78 is 6.01. The van der Waals surface area contributed by atoms with Crippen molar-refractivity contribution in [1.29, 1.82) is 0 Å². The number of esters is 1. The maximum Gasteiger partial charge on any atom is 0.341 e. The number of hydrogen-bond acceptors (Lipinski definition) is 4. The molecule has 4 rings (SSSR count). The van der Waals surface area contributed by atoms with Gasteiger partial charge < -0.3 is 9.84 Å². The van der Waals surface area contributed by atoms with Crippen molar-refractivity contribution < 1.29 is 14.6 Å². The molecule has 1 heterocycles. The first-order valence-electron chi connectivity index (χ1n) is 9.05. The lowest BCUT2D eigenvalue weighted by Gasteiger charge is -2.40. The van der Waals surface area contributed by atoms with E-state index in [1.807, 2.05) is 54.6 Å². The minimum Gasteiger partial charge on any atom is -0.433 e. The van der Waals surface area contributed by atoms with Crippen LogP contribution < -0.4 is 5.32 Å². The Morgan fingerprint density at radius 3 is 2.30 bits per heavy atom. The Morgan fingerprint density at radius 1 is 0.926 bits per heavy atom. The van der Waals surface area contributed by atoms with Crippen molar-refractivity contribution in [2.75, 3.05) is 6.54 Å². The van der Waals surface area contributed by atoms with Crippen molar-refractivity contribution in [2.24, 2.45) is 0 Å². The van der Waals surface area contributed by atoms with Gasteiger partial charge in [-0.1, -0.05) is 84.9 Å². The van der Waals surface area contributed by atoms with Crippen molar-refractivity contribution in [3.8, 4) is 0 Å². The second-order valence-electron chi connectivity index (χ2n) is 6.62. The number of benzene rings is 3. The number of fused-ring (bicyclic) bond motifs is 1. The highest BCUT2D eigenvalue weighted by molar-refractivity contribution is 5.77. The summed E-state index contributed by atoms with van der Waals surface area (Å²) >= 11 is 0. The zero-order chi connectivity index (χ0) is 18.7. The molecule has 0 unspecified atom stereocenters. The molecular weight excluding hydrogens is 338 g/mol. The van der Waals surface area contributed by atoms with E-state index >= 15 is 0 Å². The zero-order valence-electron chi connectivity index (χ0n) is 14.8. The number of carbonyl (C=O) groups excluding carboxylic acids is 1. The topological polar surface area (TPSA) is 58.6 Å². The van der Waals surface area contributed by atoms with Gasteiger partial charge in [-0.2, -0.15) is 0 Å². The Labute approximate surface area is 158 Å². The molecule has 3 aromatic rings. The second kappa shape index (κ2) is 7.35. The second-order valence-corrected chi connectivity index (χ2v) is 6.62. The third-order valence-corrected chi connectivity index (χ3v) is 4.94. The molecular formula is C23H21NO3. The Kier molecular flexibility index (Phi) is 4.75. The molecule has 4 nitrogen and oxygen atoms in total. The van der Waals surface area contributed by atoms with E-state index in [4.69, 9.17) is 4.74 Å². The van der Waals surface area contributed by atoms with E-state index in [1.165, 1.54) is 0 Å². The number of aliphatic hydroxyl groups is 1. The maximum atomic E-state index is 12.9. The summed E-state index contributed by atoms with van der Waals surface area (Å²) in [6.45, 7) is 0.667. The van der Waals surface area contributed by atoms with E-state index in [2.05, 4.69) is 11.4 Å². The summed E-state index contributed by atoms with van der Waals surface area (Å²) in [7, 11) is 0. The molecule has 3 aromatic carbocycles. The van der Waals surface area contributed by atoms with Gasteiger partial charge in [0.1, 0.15) is 0 Å². The summed E-state index contributed by atoms with van der Waals surface area (Å²) in [6, 6.07) is 26.4. The fourth-order valence-corrected chi connectivity index (χ4v) is 3.61. The lowest BCUT2D eigenvalue weighted by Crippen LogP contribution is -2.51. The van der Waals surface area contributed by atoms with E-state index in [0.717, 1.165) is 23.1 Å². The average Bonchev–Trinajstić information content (AvgIpc) is 2.74. The first-order chi connectivity index (χ1) is 13.2. The molecule has 2 N–H and O–H groups in total. The number of nitrogens with one attached hydrogen (secondary N) is 1. The lowest BCUT2D eigenvalue weighted by molar-refractivity contribution is -0.171. The first kappa shape index (κ1) is 17.5. The molecule has 0 amide bonds. The van der Waals surface area contributed by atoms with Crippen LogP contribution in [0, 0.1) is 0 Å². The minimum atomic E-state index is -1.34. The molecule has 0 saturated carbocycles. The third-order valence-electron chi connectivity index (χ3n) is 4.94. The Hall–Kier alpha value is -2.95. The number of carbonyl (C=O) groups is 1. The lowest BCUT2D eigenvalue weighted by atomic mass is 9.86. The monoisotopic (exact) mass is 359 g/mol. The van der Waals surface area contributed by atoms with E-state index in [9.17, 15) is 9.90 Å². The number of ether oxygens (including phenoxy) is 1. The highest BCUT2D eigenvalue weighted by atomic mass is 16.6. The van der Waals surface area contributed by atoms with Crippen LogP contribution in [-0.2, 0) is 21.7 Å². The van der Waals surface area contributed by atoms with Gasteiger partial charge in [0.05, 0.1) is 0 Å². The number of hydrogen-bond donors (Lipinski definition) is 2. The first-order valence-corrected chi connectivity index (χ1v) is 9.05. The molecule has 0 spiro atoms. The van der Waals surface area contributed by atoms with Crippen LogP contribution >= 0.6 is 0 Å². The van der Waals surface area contributed by atoms with Gasteiger partial charge in [-0.05, 0) is 17.5 Å². The van der Waals surface area contributed by atoms with Crippen LogP contribution in [-0.4, -0.2) is 17.6 Å². The Morgan fingerprint density at radius 2 is 1.56 bits per heavy atom. The largest absolute Gasteiger partial charge is 0.433 e. The summed E-state index contributed by atoms with van der Waals surface area (Å²) in [5, 5.41) is 13.9. The van der Waals surface area contributed by atoms with Crippen molar-refractivity contribution >= 4 is 5.97 Å². The number of aliphatic hydroxyl groups excluding tert-OH is 1. The molecule has 0 fully saturated rings. The van der Waals surface area contributed by atoms with Gasteiger partial charge in [0.15, 0.2) is 6.10 Å². The SMILES string of the molecule is O=C(O[C@]1(c2ccccc2)NCCc2ccccc21)[C@H](O)c1ccccc1. The highest BCUT2D eigenvalue weighted by Gasteiger charge is 2.43. The molecule has 136 valence electrons. The third kappa shape index (κ3) is 3.25. The molecule has 4 heteroatoms. The van der Waals surface area contributed by atoms with Crippen LogP contribution in [0.1, 0.15) is 28.4 Å². The van der Waals surface area contributed by atoms with Gasteiger partial charge in [-0.15, -0.1) is 0 Å². The zero-order valence-corrected chi connectivity index (χ0v) is 14.8. The van der Waals surface area contributed by atoms with E-state index in [0.29, 0.717) is 12.1 Å². The molecule has 1 aliphatic heterocycles. The highest BCUT2D eigenvalue weighted by Crippen LogP contribution is 2.37. The summed E-state index contributed by atoms with van der Waals surface area (Å²) in [4.78, 5) is 12.9. The van der Waals surface area contributed by atoms with Crippen molar-refractivity contribution in [3.05, 3.63) is 107 Å². The van der Waals surface area contributed by atoms with Gasteiger partial charge in [0, 0.05) is 17.7 Å². The fraction of sp³-hybridized carbons (Fsp3) is 0.174. The van der Waals surface area contributed by atoms with Gasteiger partial charge in [0.25, 0.3) is 0 Å². The molecule has 1 aliphatic rings.